The van der Waals surface area contributed by atoms with Crippen molar-refractivity contribution in [1.82, 2.24) is 9.80 Å². The molecule has 2 fully saturated rings. The summed E-state index contributed by atoms with van der Waals surface area (Å²) < 4.78 is 5.43. The molecular weight excluding hydrogens is 214 g/mol. The number of rotatable bonds is 5. The summed E-state index contributed by atoms with van der Waals surface area (Å²) in [6, 6.07) is 0.231. The summed E-state index contributed by atoms with van der Waals surface area (Å²) in [5.41, 5.74) is 6.45. The van der Waals surface area contributed by atoms with Crippen molar-refractivity contribution >= 4 is 0 Å². The Labute approximate surface area is 105 Å². The van der Waals surface area contributed by atoms with E-state index in [-0.39, 0.29) is 6.04 Å². The van der Waals surface area contributed by atoms with Crippen molar-refractivity contribution in [2.75, 3.05) is 47.4 Å². The molecule has 2 rings (SSSR count). The predicted molar refractivity (Wildman–Crippen MR) is 70.1 cm³/mol. The van der Waals surface area contributed by atoms with Crippen LogP contribution in [0.25, 0.3) is 0 Å². The van der Waals surface area contributed by atoms with E-state index < -0.39 is 0 Å². The quantitative estimate of drug-likeness (QED) is 0.755. The first kappa shape index (κ1) is 13.3. The summed E-state index contributed by atoms with van der Waals surface area (Å²) in [5, 5.41) is 0. The lowest BCUT2D eigenvalue weighted by atomic mass is 9.75. The second kappa shape index (κ2) is 5.22. The van der Waals surface area contributed by atoms with Crippen molar-refractivity contribution in [1.29, 1.82) is 0 Å². The van der Waals surface area contributed by atoms with Gasteiger partial charge < -0.3 is 20.3 Å². The van der Waals surface area contributed by atoms with Crippen molar-refractivity contribution in [3.8, 4) is 0 Å². The molecule has 2 unspecified atom stereocenters. The minimum Gasteiger partial charge on any atom is -0.379 e. The molecule has 17 heavy (non-hydrogen) atoms. The molecule has 0 aromatic heterocycles. The van der Waals surface area contributed by atoms with Gasteiger partial charge in [-0.2, -0.15) is 0 Å². The van der Waals surface area contributed by atoms with Crippen molar-refractivity contribution < 1.29 is 4.74 Å². The minimum absolute atomic E-state index is 0.231. The van der Waals surface area contributed by atoms with Gasteiger partial charge in [0, 0.05) is 30.6 Å². The Bertz CT molecular complexity index is 253. The molecule has 0 bridgehead atoms. The molecule has 2 atom stereocenters. The Balaban J connectivity index is 1.82. The van der Waals surface area contributed by atoms with Crippen molar-refractivity contribution in [2.45, 2.75) is 30.8 Å². The third kappa shape index (κ3) is 2.81. The molecule has 0 aromatic rings. The zero-order chi connectivity index (χ0) is 12.5. The van der Waals surface area contributed by atoms with Crippen molar-refractivity contribution in [2.24, 2.45) is 11.7 Å². The second-order valence-electron chi connectivity index (χ2n) is 6.13. The van der Waals surface area contributed by atoms with Crippen LogP contribution in [-0.2, 0) is 4.74 Å². The van der Waals surface area contributed by atoms with E-state index in [0.717, 1.165) is 26.3 Å². The van der Waals surface area contributed by atoms with Gasteiger partial charge in [0.15, 0.2) is 0 Å². The van der Waals surface area contributed by atoms with Crippen molar-refractivity contribution in [3.05, 3.63) is 0 Å². The Morgan fingerprint density at radius 2 is 1.94 bits per heavy atom. The maximum Gasteiger partial charge on any atom is 0.0621 e. The smallest absolute Gasteiger partial charge is 0.0621 e. The van der Waals surface area contributed by atoms with Gasteiger partial charge in [-0.25, -0.2) is 0 Å². The van der Waals surface area contributed by atoms with Gasteiger partial charge in [0.2, 0.25) is 0 Å². The largest absolute Gasteiger partial charge is 0.379 e. The molecule has 2 N–H and O–H groups in total. The maximum atomic E-state index is 6.04. The van der Waals surface area contributed by atoms with E-state index in [4.69, 9.17) is 10.5 Å². The molecule has 1 aliphatic heterocycles. The lowest BCUT2D eigenvalue weighted by Gasteiger charge is -2.49. The molecular formula is C13H27N3O. The Kier molecular flexibility index (Phi) is 4.08. The summed E-state index contributed by atoms with van der Waals surface area (Å²) in [5.74, 6) is 0.513. The summed E-state index contributed by atoms with van der Waals surface area (Å²) in [6.45, 7) is 3.79. The minimum atomic E-state index is 0.231. The first-order valence-corrected chi connectivity index (χ1v) is 6.73. The average molecular weight is 241 g/mol. The first-order valence-electron chi connectivity index (χ1n) is 6.73. The fraction of sp³-hybridized carbons (Fsp3) is 1.00. The topological polar surface area (TPSA) is 41.7 Å². The number of nitrogens with two attached hydrogens (primary N) is 1. The number of likely N-dealkylation sites (N-methyl/N-ethyl adjacent to an activating group) is 2. The van der Waals surface area contributed by atoms with Crippen LogP contribution in [0.2, 0.25) is 0 Å². The standard InChI is InChI=1S/C13H27N3O/c1-15(2)13(5-4-6-13)10-16(3)7-11-8-17-9-12(11)14/h11-12H,4-10,14H2,1-3H3. The fourth-order valence-electron chi connectivity index (χ4n) is 3.10. The molecule has 4 nitrogen and oxygen atoms in total. The predicted octanol–water partition coefficient (Wildman–Crippen LogP) is 0.376. The van der Waals surface area contributed by atoms with Crippen LogP contribution >= 0.6 is 0 Å². The molecule has 0 amide bonds. The molecule has 100 valence electrons. The van der Waals surface area contributed by atoms with Crippen LogP contribution in [-0.4, -0.2) is 68.8 Å². The lowest BCUT2D eigenvalue weighted by Crippen LogP contribution is -2.57. The lowest BCUT2D eigenvalue weighted by molar-refractivity contribution is 0.0232. The second-order valence-corrected chi connectivity index (χ2v) is 6.13. The summed E-state index contributed by atoms with van der Waals surface area (Å²) in [7, 11) is 6.63. The highest BCUT2D eigenvalue weighted by molar-refractivity contribution is 4.98. The maximum absolute atomic E-state index is 6.04. The Morgan fingerprint density at radius 3 is 2.35 bits per heavy atom. The number of nitrogens with zero attached hydrogens (tertiary/aromatic N) is 2. The molecule has 0 aromatic carbocycles. The molecule has 1 heterocycles. The summed E-state index contributed by atoms with van der Waals surface area (Å²) >= 11 is 0. The van der Waals surface area contributed by atoms with Gasteiger partial charge in [0.05, 0.1) is 13.2 Å². The highest BCUT2D eigenvalue weighted by atomic mass is 16.5. The van der Waals surface area contributed by atoms with Gasteiger partial charge in [0.25, 0.3) is 0 Å². The van der Waals surface area contributed by atoms with E-state index in [1.54, 1.807) is 0 Å². The number of hydrogen-bond donors (Lipinski definition) is 1. The van der Waals surface area contributed by atoms with Gasteiger partial charge in [-0.15, -0.1) is 0 Å². The van der Waals surface area contributed by atoms with Crippen LogP contribution in [0.1, 0.15) is 19.3 Å². The fourth-order valence-corrected chi connectivity index (χ4v) is 3.10. The van der Waals surface area contributed by atoms with Crippen molar-refractivity contribution in [3.63, 3.8) is 0 Å². The highest BCUT2D eigenvalue weighted by Gasteiger charge is 2.40. The van der Waals surface area contributed by atoms with Crippen LogP contribution in [0.4, 0.5) is 0 Å². The SMILES string of the molecule is CN(CC1COCC1N)CC1(N(C)C)CCC1. The van der Waals surface area contributed by atoms with E-state index in [1.807, 2.05) is 0 Å². The monoisotopic (exact) mass is 241 g/mol. The van der Waals surface area contributed by atoms with E-state index in [1.165, 1.54) is 19.3 Å². The van der Waals surface area contributed by atoms with Crippen LogP contribution in [0.5, 0.6) is 0 Å². The number of ether oxygens (including phenoxy) is 1. The van der Waals surface area contributed by atoms with Gasteiger partial charge in [-0.1, -0.05) is 0 Å². The molecule has 0 spiro atoms. The van der Waals surface area contributed by atoms with Crippen LogP contribution in [0, 0.1) is 5.92 Å². The zero-order valence-electron chi connectivity index (χ0n) is 11.5. The normalized spacial score (nSPS) is 32.1. The molecule has 0 radical (unpaired) electrons. The first-order chi connectivity index (χ1) is 8.03. The van der Waals surface area contributed by atoms with Crippen LogP contribution < -0.4 is 5.73 Å². The van der Waals surface area contributed by atoms with Gasteiger partial charge in [0.1, 0.15) is 0 Å². The van der Waals surface area contributed by atoms with Crippen LogP contribution in [0.15, 0.2) is 0 Å². The van der Waals surface area contributed by atoms with E-state index >= 15 is 0 Å². The van der Waals surface area contributed by atoms with E-state index in [9.17, 15) is 0 Å². The third-order valence-corrected chi connectivity index (χ3v) is 4.59. The van der Waals surface area contributed by atoms with Gasteiger partial charge in [-0.05, 0) is 40.4 Å². The van der Waals surface area contributed by atoms with Crippen LogP contribution in [0.3, 0.4) is 0 Å². The number of hydrogen-bond acceptors (Lipinski definition) is 4. The van der Waals surface area contributed by atoms with E-state index in [2.05, 4.69) is 30.9 Å². The Hall–Kier alpha value is -0.160. The van der Waals surface area contributed by atoms with Gasteiger partial charge in [-0.3, -0.25) is 0 Å². The summed E-state index contributed by atoms with van der Waals surface area (Å²) in [6.07, 6.45) is 4.03. The van der Waals surface area contributed by atoms with E-state index in [0.29, 0.717) is 11.5 Å². The molecule has 1 saturated heterocycles. The molecule has 1 aliphatic carbocycles. The third-order valence-electron chi connectivity index (χ3n) is 4.59. The zero-order valence-corrected chi connectivity index (χ0v) is 11.5. The molecule has 2 aliphatic rings. The average Bonchev–Trinajstić information content (AvgIpc) is 2.58. The van der Waals surface area contributed by atoms with Gasteiger partial charge >= 0.3 is 0 Å². The Morgan fingerprint density at radius 1 is 1.24 bits per heavy atom. The molecule has 1 saturated carbocycles. The summed E-state index contributed by atoms with van der Waals surface area (Å²) in [4.78, 5) is 4.84. The highest BCUT2D eigenvalue weighted by Crippen LogP contribution is 2.36. The molecule has 4 heteroatoms.